The van der Waals surface area contributed by atoms with Crippen LogP contribution in [0.25, 0.3) is 10.2 Å². The van der Waals surface area contributed by atoms with Crippen molar-refractivity contribution >= 4 is 62.2 Å². The number of amides is 1. The summed E-state index contributed by atoms with van der Waals surface area (Å²) in [6.07, 6.45) is 0.115. The number of carbonyl (C=O) groups is 1. The Morgan fingerprint density at radius 2 is 2.15 bits per heavy atom. The highest BCUT2D eigenvalue weighted by Crippen LogP contribution is 2.37. The highest BCUT2D eigenvalue weighted by atomic mass is 35.5. The number of rotatable bonds is 4. The van der Waals surface area contributed by atoms with Gasteiger partial charge in [0.15, 0.2) is 8.68 Å². The van der Waals surface area contributed by atoms with Crippen LogP contribution in [0.5, 0.6) is 0 Å². The molecule has 0 spiro atoms. The highest BCUT2D eigenvalue weighted by molar-refractivity contribution is 8.02. The maximum absolute atomic E-state index is 10.8. The summed E-state index contributed by atoms with van der Waals surface area (Å²) in [6.45, 7) is 0. The van der Waals surface area contributed by atoms with Crippen LogP contribution in [0.15, 0.2) is 26.9 Å². The first-order chi connectivity index (χ1) is 9.61. The van der Waals surface area contributed by atoms with Gasteiger partial charge in [0.05, 0.1) is 16.1 Å². The van der Waals surface area contributed by atoms with Gasteiger partial charge < -0.3 is 5.73 Å². The normalized spacial score (nSPS) is 11.1. The Labute approximate surface area is 131 Å². The number of aromatic nitrogens is 3. The molecule has 0 radical (unpaired) electrons. The average Bonchev–Trinajstić information content (AvgIpc) is 2.96. The number of benzene rings is 1. The molecule has 0 aliphatic carbocycles. The SMILES string of the molecule is NC(=O)Cc1nnc(Sc2nc3c(Cl)cccc3s2)s1. The first-order valence-corrected chi connectivity index (χ1v) is 8.28. The molecule has 20 heavy (non-hydrogen) atoms. The van der Waals surface area contributed by atoms with Crippen molar-refractivity contribution in [1.29, 1.82) is 0 Å². The number of primary amides is 1. The molecule has 0 bridgehead atoms. The minimum Gasteiger partial charge on any atom is -0.369 e. The molecule has 3 aromatic rings. The summed E-state index contributed by atoms with van der Waals surface area (Å²) in [7, 11) is 0. The molecule has 5 nitrogen and oxygen atoms in total. The van der Waals surface area contributed by atoms with Crippen LogP contribution in [0.1, 0.15) is 5.01 Å². The predicted octanol–water partition coefficient (Wildman–Crippen LogP) is 2.98. The number of hydrogen-bond acceptors (Lipinski definition) is 7. The van der Waals surface area contributed by atoms with Crippen molar-refractivity contribution in [1.82, 2.24) is 15.2 Å². The molecule has 2 aromatic heterocycles. The van der Waals surface area contributed by atoms with Crippen LogP contribution in [0, 0.1) is 0 Å². The molecule has 0 aliphatic heterocycles. The van der Waals surface area contributed by atoms with Crippen molar-refractivity contribution in [3.63, 3.8) is 0 Å². The van der Waals surface area contributed by atoms with Gasteiger partial charge in [0.2, 0.25) is 5.91 Å². The van der Waals surface area contributed by atoms with E-state index in [0.717, 1.165) is 18.9 Å². The Kier molecular flexibility index (Phi) is 3.88. The fourth-order valence-corrected chi connectivity index (χ4v) is 4.98. The molecule has 1 aromatic carbocycles. The van der Waals surface area contributed by atoms with Gasteiger partial charge in [0.1, 0.15) is 10.5 Å². The number of carbonyl (C=O) groups excluding carboxylic acids is 1. The van der Waals surface area contributed by atoms with E-state index in [1.165, 1.54) is 23.1 Å². The van der Waals surface area contributed by atoms with E-state index in [4.69, 9.17) is 17.3 Å². The molecule has 2 N–H and O–H groups in total. The van der Waals surface area contributed by atoms with E-state index >= 15 is 0 Å². The third kappa shape index (κ3) is 2.93. The van der Waals surface area contributed by atoms with E-state index in [0.29, 0.717) is 10.0 Å². The van der Waals surface area contributed by atoms with Crippen LogP contribution in [-0.2, 0) is 11.2 Å². The minimum atomic E-state index is -0.413. The van der Waals surface area contributed by atoms with Gasteiger partial charge in [-0.2, -0.15) is 0 Å². The number of hydrogen-bond donors (Lipinski definition) is 1. The second-order valence-corrected chi connectivity index (χ2v) is 7.77. The number of thiazole rings is 1. The molecule has 3 rings (SSSR count). The van der Waals surface area contributed by atoms with Gasteiger partial charge in [0, 0.05) is 0 Å². The lowest BCUT2D eigenvalue weighted by Gasteiger charge is -1.88. The number of para-hydroxylation sites is 1. The summed E-state index contributed by atoms with van der Waals surface area (Å²) in [6, 6.07) is 5.68. The summed E-state index contributed by atoms with van der Waals surface area (Å²) < 4.78 is 2.60. The van der Waals surface area contributed by atoms with Gasteiger partial charge in [-0.15, -0.1) is 21.5 Å². The molecule has 2 heterocycles. The van der Waals surface area contributed by atoms with Crippen molar-refractivity contribution in [2.24, 2.45) is 5.73 Å². The Morgan fingerprint density at radius 1 is 1.30 bits per heavy atom. The molecule has 1 amide bonds. The monoisotopic (exact) mass is 342 g/mol. The maximum Gasteiger partial charge on any atom is 0.224 e. The quantitative estimate of drug-likeness (QED) is 0.788. The molecule has 0 unspecified atom stereocenters. The zero-order valence-corrected chi connectivity index (χ0v) is 13.1. The van der Waals surface area contributed by atoms with Gasteiger partial charge in [-0.1, -0.05) is 29.0 Å². The van der Waals surface area contributed by atoms with E-state index in [-0.39, 0.29) is 6.42 Å². The summed E-state index contributed by atoms with van der Waals surface area (Å²) in [4.78, 5) is 15.3. The molecule has 0 saturated carbocycles. The number of nitrogens with two attached hydrogens (primary N) is 1. The zero-order chi connectivity index (χ0) is 14.1. The van der Waals surface area contributed by atoms with Gasteiger partial charge in [-0.05, 0) is 23.9 Å². The maximum atomic E-state index is 10.8. The van der Waals surface area contributed by atoms with Crippen molar-refractivity contribution < 1.29 is 4.79 Å². The van der Waals surface area contributed by atoms with Crippen molar-refractivity contribution in [2.45, 2.75) is 15.1 Å². The van der Waals surface area contributed by atoms with Crippen LogP contribution in [-0.4, -0.2) is 21.1 Å². The molecule has 102 valence electrons. The van der Waals surface area contributed by atoms with Crippen molar-refractivity contribution in [3.05, 3.63) is 28.2 Å². The third-order valence-electron chi connectivity index (χ3n) is 2.30. The fourth-order valence-electron chi connectivity index (χ4n) is 1.51. The molecule has 0 saturated heterocycles. The molecule has 0 atom stereocenters. The van der Waals surface area contributed by atoms with E-state index in [1.54, 1.807) is 11.3 Å². The summed E-state index contributed by atoms with van der Waals surface area (Å²) in [5.41, 5.74) is 5.92. The Hall–Kier alpha value is -1.22. The Morgan fingerprint density at radius 3 is 2.90 bits per heavy atom. The molecular formula is C11H7ClN4OS3. The highest BCUT2D eigenvalue weighted by Gasteiger charge is 2.12. The number of halogens is 1. The largest absolute Gasteiger partial charge is 0.369 e. The lowest BCUT2D eigenvalue weighted by Crippen LogP contribution is -2.13. The van der Waals surface area contributed by atoms with Gasteiger partial charge in [-0.3, -0.25) is 4.79 Å². The van der Waals surface area contributed by atoms with Gasteiger partial charge >= 0.3 is 0 Å². The lowest BCUT2D eigenvalue weighted by atomic mass is 10.3. The topological polar surface area (TPSA) is 81.8 Å². The predicted molar refractivity (Wildman–Crippen MR) is 81.6 cm³/mol. The first kappa shape index (κ1) is 13.7. The van der Waals surface area contributed by atoms with Crippen LogP contribution in [0.3, 0.4) is 0 Å². The Balaban J connectivity index is 1.84. The average molecular weight is 343 g/mol. The van der Waals surface area contributed by atoms with Crippen molar-refractivity contribution in [3.8, 4) is 0 Å². The minimum absolute atomic E-state index is 0.115. The molecular weight excluding hydrogens is 336 g/mol. The lowest BCUT2D eigenvalue weighted by molar-refractivity contribution is -0.117. The Bertz CT molecular complexity index is 785. The second kappa shape index (κ2) is 5.65. The van der Waals surface area contributed by atoms with Gasteiger partial charge in [-0.25, -0.2) is 4.98 Å². The summed E-state index contributed by atoms with van der Waals surface area (Å²) in [5.74, 6) is -0.413. The first-order valence-electron chi connectivity index (χ1n) is 5.45. The molecule has 0 aliphatic rings. The van der Waals surface area contributed by atoms with E-state index in [1.807, 2.05) is 18.2 Å². The second-order valence-electron chi connectivity index (χ2n) is 3.77. The zero-order valence-electron chi connectivity index (χ0n) is 9.87. The van der Waals surface area contributed by atoms with E-state index < -0.39 is 5.91 Å². The summed E-state index contributed by atoms with van der Waals surface area (Å²) >= 11 is 10.4. The van der Waals surface area contributed by atoms with Crippen LogP contribution >= 0.6 is 46.0 Å². The van der Waals surface area contributed by atoms with Crippen LogP contribution < -0.4 is 5.73 Å². The smallest absolute Gasteiger partial charge is 0.224 e. The number of fused-ring (bicyclic) bond motifs is 1. The molecule has 9 heteroatoms. The number of nitrogens with zero attached hydrogens (tertiary/aromatic N) is 3. The standard InChI is InChI=1S/C11H7ClN4OS3/c12-5-2-1-3-6-9(5)14-10(18-6)20-11-16-15-8(19-11)4-7(13)17/h1-3H,4H2,(H2,13,17). The van der Waals surface area contributed by atoms with Crippen molar-refractivity contribution in [2.75, 3.05) is 0 Å². The summed E-state index contributed by atoms with van der Waals surface area (Å²) in [5, 5.41) is 9.18. The molecule has 0 fully saturated rings. The van der Waals surface area contributed by atoms with E-state index in [9.17, 15) is 4.79 Å². The third-order valence-corrected chi connectivity index (χ3v) is 5.66. The van der Waals surface area contributed by atoms with Gasteiger partial charge in [0.25, 0.3) is 0 Å². The van der Waals surface area contributed by atoms with E-state index in [2.05, 4.69) is 15.2 Å². The van der Waals surface area contributed by atoms with Crippen LogP contribution in [0.2, 0.25) is 5.02 Å². The van der Waals surface area contributed by atoms with Crippen LogP contribution in [0.4, 0.5) is 0 Å². The fraction of sp³-hybridized carbons (Fsp3) is 0.0909.